The van der Waals surface area contributed by atoms with Gasteiger partial charge in [-0.25, -0.2) is 4.98 Å². The number of aliphatic hydroxyl groups excluding tert-OH is 1. The van der Waals surface area contributed by atoms with Crippen LogP contribution in [0.4, 0.5) is 0 Å². The minimum Gasteiger partial charge on any atom is -0.512 e. The van der Waals surface area contributed by atoms with E-state index in [2.05, 4.69) is 61.5 Å². The molecule has 0 atom stereocenters. The van der Waals surface area contributed by atoms with Crippen LogP contribution in [0.15, 0.2) is 66.2 Å². The topological polar surface area (TPSA) is 72.3 Å². The van der Waals surface area contributed by atoms with Crippen LogP contribution in [0.3, 0.4) is 0 Å². The molecule has 3 heterocycles. The first kappa shape index (κ1) is 39.5. The first-order chi connectivity index (χ1) is 22.2. The Balaban J connectivity index is 0.000000301. The van der Waals surface area contributed by atoms with Gasteiger partial charge >= 0.3 is 0 Å². The first-order valence-corrected chi connectivity index (χ1v) is 18.3. The number of carbonyl (C=O) groups is 1. The first-order valence-electron chi connectivity index (χ1n) is 16.6. The van der Waals surface area contributed by atoms with Crippen LogP contribution in [-0.4, -0.2) is 20.9 Å². The summed E-state index contributed by atoms with van der Waals surface area (Å²) in [5.41, 5.74) is 2.72. The smallest absolute Gasteiger partial charge is 0.164 e. The third-order valence-electron chi connectivity index (χ3n) is 9.72. The van der Waals surface area contributed by atoms with E-state index < -0.39 is 0 Å². The van der Waals surface area contributed by atoms with Gasteiger partial charge in [-0.1, -0.05) is 79.5 Å². The number of ether oxygens (including phenoxy) is 1. The number of carbonyl (C=O) groups excluding carboxylic acids is 1. The number of allylic oxidation sites excluding steroid dienone is 3. The predicted octanol–water partition coefficient (Wildman–Crippen LogP) is 12.4. The molecule has 259 valence electrons. The summed E-state index contributed by atoms with van der Waals surface area (Å²) in [6, 6.07) is 14.2. The molecule has 1 radical (unpaired) electrons. The van der Waals surface area contributed by atoms with Gasteiger partial charge in [-0.3, -0.25) is 9.78 Å². The van der Waals surface area contributed by atoms with Crippen LogP contribution < -0.4 is 4.74 Å². The fourth-order valence-corrected chi connectivity index (χ4v) is 7.54. The summed E-state index contributed by atoms with van der Waals surface area (Å²) >= 11 is 3.45. The molecule has 2 aromatic carbocycles. The Morgan fingerprint density at radius 1 is 0.958 bits per heavy atom. The minimum absolute atomic E-state index is 0. The second-order valence-corrected chi connectivity index (χ2v) is 15.6. The maximum Gasteiger partial charge on any atom is 0.164 e. The Kier molecular flexibility index (Phi) is 13.3. The summed E-state index contributed by atoms with van der Waals surface area (Å²) in [6.07, 6.45) is 9.98. The van der Waals surface area contributed by atoms with Crippen molar-refractivity contribution in [3.05, 3.63) is 77.8 Å². The maximum absolute atomic E-state index is 12.2. The maximum atomic E-state index is 12.2. The minimum atomic E-state index is -0.337. The summed E-state index contributed by atoms with van der Waals surface area (Å²) < 4.78 is 8.10. The largest absolute Gasteiger partial charge is 0.512 e. The van der Waals surface area contributed by atoms with Crippen molar-refractivity contribution < 1.29 is 34.7 Å². The van der Waals surface area contributed by atoms with Gasteiger partial charge in [-0.05, 0) is 71.7 Å². The number of nitrogens with zero attached hydrogens (tertiary/aromatic N) is 2. The number of aliphatic hydroxyl groups is 1. The van der Waals surface area contributed by atoms with Gasteiger partial charge in [0.25, 0.3) is 0 Å². The van der Waals surface area contributed by atoms with Crippen LogP contribution in [0, 0.1) is 16.9 Å². The van der Waals surface area contributed by atoms with Crippen molar-refractivity contribution in [2.24, 2.45) is 10.8 Å². The number of thiophene rings is 2. The van der Waals surface area contributed by atoms with Gasteiger partial charge in [0.1, 0.15) is 22.7 Å². The van der Waals surface area contributed by atoms with E-state index >= 15 is 0 Å². The Morgan fingerprint density at radius 2 is 1.62 bits per heavy atom. The molecule has 0 fully saturated rings. The molecular weight excluding hydrogens is 813 g/mol. The molecule has 0 unspecified atom stereocenters. The third-order valence-corrected chi connectivity index (χ3v) is 11.7. The van der Waals surface area contributed by atoms with E-state index in [0.29, 0.717) is 0 Å². The van der Waals surface area contributed by atoms with Crippen molar-refractivity contribution in [2.75, 3.05) is 0 Å². The third kappa shape index (κ3) is 8.27. The quantitative estimate of drug-likeness (QED) is 0.0860. The van der Waals surface area contributed by atoms with Crippen LogP contribution in [0.25, 0.3) is 41.6 Å². The zero-order chi connectivity index (χ0) is 34.6. The van der Waals surface area contributed by atoms with Crippen molar-refractivity contribution in [1.29, 1.82) is 0 Å². The number of benzene rings is 2. The van der Waals surface area contributed by atoms with E-state index in [9.17, 15) is 9.90 Å². The molecule has 0 aliphatic rings. The van der Waals surface area contributed by atoms with Gasteiger partial charge in [0.2, 0.25) is 0 Å². The van der Waals surface area contributed by atoms with Crippen LogP contribution >= 0.6 is 22.7 Å². The van der Waals surface area contributed by atoms with Crippen LogP contribution in [0.2, 0.25) is 0 Å². The number of fused-ring (bicyclic) bond motifs is 4. The Bertz CT molecular complexity index is 1920. The molecule has 5 aromatic rings. The molecular formula is C40H49IrN2O3S2-. The molecule has 0 spiro atoms. The molecule has 1 N–H and O–H groups in total. The monoisotopic (exact) mass is 862 g/mol. The van der Waals surface area contributed by atoms with Crippen molar-refractivity contribution >= 4 is 58.8 Å². The van der Waals surface area contributed by atoms with Crippen LogP contribution in [0.1, 0.15) is 100 Å². The Morgan fingerprint density at radius 3 is 2.23 bits per heavy atom. The molecule has 0 aliphatic heterocycles. The molecule has 0 saturated carbocycles. The van der Waals surface area contributed by atoms with E-state index in [0.717, 1.165) is 68.4 Å². The standard InChI is InChI=1S/C25H21N2OS2.C15H28O2.Ir/c1-5-9-28-17-6-7-18-20(13-17)30-24-21(18)22(26-14-27-24)16-11-15-8-10-29-23(15)19(12-16)25(2,3)4;1-7-14(5,8-2)12(16)11-13(17)15(6,9-3)10-4;/h5-10,12-14H,1-4H3;11,16H,7-10H2,1-6H3;/q-1;;/b9-5+;12-11-;. The van der Waals surface area contributed by atoms with Crippen molar-refractivity contribution in [2.45, 2.75) is 100 Å². The number of aromatic nitrogens is 2. The van der Waals surface area contributed by atoms with Gasteiger partial charge in [0.15, 0.2) is 5.78 Å². The average molecular weight is 862 g/mol. The van der Waals surface area contributed by atoms with Crippen LogP contribution in [0.5, 0.6) is 5.75 Å². The van der Waals surface area contributed by atoms with E-state index in [1.807, 2.05) is 60.6 Å². The SMILES string of the molecule is C/C=C/Oc1ccc2c(c1)sc1ncnc(-c3[c-]c4ccsc4c(C(C)(C)C)c3)c12.CCC(C)(CC)C(=O)/C=C(\O)C(C)(CC)CC.[Ir]. The van der Waals surface area contributed by atoms with Gasteiger partial charge in [-0.15, -0.1) is 34.9 Å². The van der Waals surface area contributed by atoms with E-state index in [4.69, 9.17) is 9.72 Å². The Hall–Kier alpha value is -2.90. The van der Waals surface area contributed by atoms with Crippen molar-refractivity contribution in [3.8, 4) is 17.0 Å². The van der Waals surface area contributed by atoms with Crippen molar-refractivity contribution in [3.63, 3.8) is 0 Å². The number of ketones is 1. The Labute approximate surface area is 307 Å². The zero-order valence-corrected chi connectivity index (χ0v) is 33.9. The van der Waals surface area contributed by atoms with Gasteiger partial charge in [0, 0.05) is 52.8 Å². The zero-order valence-electron chi connectivity index (χ0n) is 29.9. The molecule has 5 rings (SSSR count). The fourth-order valence-electron chi connectivity index (χ4n) is 5.39. The number of hydrogen-bond donors (Lipinski definition) is 1. The number of rotatable bonds is 10. The van der Waals surface area contributed by atoms with E-state index in [1.54, 1.807) is 35.3 Å². The molecule has 3 aromatic heterocycles. The van der Waals surface area contributed by atoms with E-state index in [1.165, 1.54) is 16.3 Å². The molecule has 0 amide bonds. The summed E-state index contributed by atoms with van der Waals surface area (Å²) in [6.45, 7) is 20.8. The molecule has 8 heteroatoms. The van der Waals surface area contributed by atoms with Crippen molar-refractivity contribution in [1.82, 2.24) is 9.97 Å². The van der Waals surface area contributed by atoms with Gasteiger partial charge < -0.3 is 9.84 Å². The second kappa shape index (κ2) is 16.2. The second-order valence-electron chi connectivity index (χ2n) is 13.7. The summed E-state index contributed by atoms with van der Waals surface area (Å²) in [7, 11) is 0. The summed E-state index contributed by atoms with van der Waals surface area (Å²) in [5.74, 6) is 1.11. The fraction of sp³-hybridized carbons (Fsp3) is 0.425. The van der Waals surface area contributed by atoms with Gasteiger partial charge in [-0.2, -0.15) is 11.3 Å². The normalized spacial score (nSPS) is 12.8. The molecule has 5 nitrogen and oxygen atoms in total. The molecule has 48 heavy (non-hydrogen) atoms. The summed E-state index contributed by atoms with van der Waals surface area (Å²) in [4.78, 5) is 22.4. The van der Waals surface area contributed by atoms with Crippen LogP contribution in [-0.2, 0) is 30.3 Å². The average Bonchev–Trinajstić information content (AvgIpc) is 3.70. The van der Waals surface area contributed by atoms with Gasteiger partial charge in [0.05, 0.1) is 6.26 Å². The molecule has 0 aliphatic carbocycles. The predicted molar refractivity (Wildman–Crippen MR) is 202 cm³/mol. The molecule has 0 saturated heterocycles. The molecule has 0 bridgehead atoms. The summed E-state index contributed by atoms with van der Waals surface area (Å²) in [5, 5.41) is 15.7. The number of hydrogen-bond acceptors (Lipinski definition) is 7. The van der Waals surface area contributed by atoms with E-state index in [-0.39, 0.29) is 47.9 Å².